The number of aromatic nitrogens is 3. The molecule has 0 aromatic carbocycles. The maximum Gasteiger partial charge on any atom is 0.331 e. The van der Waals surface area contributed by atoms with Crippen molar-refractivity contribution in [3.05, 3.63) is 28.8 Å². The van der Waals surface area contributed by atoms with Gasteiger partial charge < -0.3 is 5.32 Å². The van der Waals surface area contributed by atoms with Crippen LogP contribution in [-0.4, -0.2) is 26.1 Å². The van der Waals surface area contributed by atoms with Crippen molar-refractivity contribution in [2.75, 3.05) is 0 Å². The van der Waals surface area contributed by atoms with Crippen LogP contribution in [0, 0.1) is 5.92 Å². The molecular formula is C18H26N4O2. The van der Waals surface area contributed by atoms with Gasteiger partial charge in [-0.25, -0.2) is 9.78 Å². The first-order chi connectivity index (χ1) is 11.5. The summed E-state index contributed by atoms with van der Waals surface area (Å²) >= 11 is 0. The van der Waals surface area contributed by atoms with Crippen LogP contribution in [0.3, 0.4) is 0 Å². The molecule has 0 unspecified atom stereocenters. The summed E-state index contributed by atoms with van der Waals surface area (Å²) in [5.74, 6) is 0.403. The first-order valence-corrected chi connectivity index (χ1v) is 8.84. The number of nitrogens with one attached hydrogen (secondary N) is 1. The zero-order valence-corrected chi connectivity index (χ0v) is 14.7. The highest BCUT2D eigenvalue weighted by molar-refractivity contribution is 5.79. The van der Waals surface area contributed by atoms with E-state index in [1.54, 1.807) is 16.8 Å². The summed E-state index contributed by atoms with van der Waals surface area (Å²) < 4.78 is 3.18. The van der Waals surface area contributed by atoms with Gasteiger partial charge in [-0.2, -0.15) is 0 Å². The largest absolute Gasteiger partial charge is 0.352 e. The maximum atomic E-state index is 12.7. The molecule has 2 heterocycles. The van der Waals surface area contributed by atoms with Crippen molar-refractivity contribution >= 4 is 17.1 Å². The molecule has 1 fully saturated rings. The fourth-order valence-electron chi connectivity index (χ4n) is 3.65. The van der Waals surface area contributed by atoms with Crippen LogP contribution in [-0.2, 0) is 11.3 Å². The molecule has 1 saturated carbocycles. The van der Waals surface area contributed by atoms with Gasteiger partial charge in [0.25, 0.3) is 0 Å². The highest BCUT2D eigenvalue weighted by Crippen LogP contribution is 2.23. The summed E-state index contributed by atoms with van der Waals surface area (Å²) in [7, 11) is 0. The van der Waals surface area contributed by atoms with E-state index in [1.807, 2.05) is 19.9 Å². The maximum absolute atomic E-state index is 12.7. The Labute approximate surface area is 141 Å². The summed E-state index contributed by atoms with van der Waals surface area (Å²) in [6.07, 6.45) is 6.25. The molecule has 0 radical (unpaired) electrons. The quantitative estimate of drug-likeness (QED) is 0.936. The Morgan fingerprint density at radius 2 is 2.12 bits per heavy atom. The standard InChI is InChI=1S/C18H26N4O2/c1-12(2)22-17-15(9-6-10-19-17)21(18(22)24)11-16(23)20-14-8-5-4-7-13(14)3/h6,9-10,12-14H,4-5,7-8,11H2,1-3H3,(H,20,23)/t13-,14-/m1/s1. The van der Waals surface area contributed by atoms with Gasteiger partial charge in [-0.3, -0.25) is 13.9 Å². The van der Waals surface area contributed by atoms with Crippen LogP contribution >= 0.6 is 0 Å². The first-order valence-electron chi connectivity index (χ1n) is 8.84. The monoisotopic (exact) mass is 330 g/mol. The van der Waals surface area contributed by atoms with E-state index in [2.05, 4.69) is 17.2 Å². The first kappa shape index (κ1) is 16.7. The van der Waals surface area contributed by atoms with E-state index in [9.17, 15) is 9.59 Å². The second-order valence-electron chi connectivity index (χ2n) is 7.11. The van der Waals surface area contributed by atoms with Gasteiger partial charge in [-0.1, -0.05) is 19.8 Å². The van der Waals surface area contributed by atoms with E-state index < -0.39 is 0 Å². The van der Waals surface area contributed by atoms with Crippen molar-refractivity contribution in [1.82, 2.24) is 19.4 Å². The Morgan fingerprint density at radius 3 is 2.83 bits per heavy atom. The van der Waals surface area contributed by atoms with Crippen LogP contribution in [0.25, 0.3) is 11.2 Å². The summed E-state index contributed by atoms with van der Waals surface area (Å²) in [6.45, 7) is 6.13. The number of pyridine rings is 1. The summed E-state index contributed by atoms with van der Waals surface area (Å²) in [4.78, 5) is 29.6. The molecular weight excluding hydrogens is 304 g/mol. The molecule has 6 nitrogen and oxygen atoms in total. The van der Waals surface area contributed by atoms with E-state index in [1.165, 1.54) is 11.0 Å². The molecule has 2 atom stereocenters. The molecule has 6 heteroatoms. The van der Waals surface area contributed by atoms with Gasteiger partial charge in [0.2, 0.25) is 5.91 Å². The zero-order valence-electron chi connectivity index (χ0n) is 14.7. The van der Waals surface area contributed by atoms with E-state index in [-0.39, 0.29) is 30.2 Å². The number of fused-ring (bicyclic) bond motifs is 1. The van der Waals surface area contributed by atoms with Gasteiger partial charge in [0.05, 0.1) is 5.52 Å². The number of imidazole rings is 1. The van der Waals surface area contributed by atoms with Crippen molar-refractivity contribution in [2.45, 2.75) is 65.1 Å². The average molecular weight is 330 g/mol. The third-order valence-electron chi connectivity index (χ3n) is 5.00. The number of rotatable bonds is 4. The van der Waals surface area contributed by atoms with Gasteiger partial charge >= 0.3 is 5.69 Å². The molecule has 1 aliphatic rings. The lowest BCUT2D eigenvalue weighted by atomic mass is 9.86. The molecule has 2 aromatic rings. The Morgan fingerprint density at radius 1 is 1.38 bits per heavy atom. The third kappa shape index (κ3) is 3.09. The number of hydrogen-bond donors (Lipinski definition) is 1. The van der Waals surface area contributed by atoms with Crippen molar-refractivity contribution in [3.8, 4) is 0 Å². The summed E-state index contributed by atoms with van der Waals surface area (Å²) in [5, 5.41) is 3.12. The Bertz CT molecular complexity index is 790. The van der Waals surface area contributed by atoms with Gasteiger partial charge in [-0.05, 0) is 44.7 Å². The molecule has 1 N–H and O–H groups in total. The zero-order chi connectivity index (χ0) is 17.3. The highest BCUT2D eigenvalue weighted by Gasteiger charge is 2.24. The molecule has 130 valence electrons. The molecule has 1 amide bonds. The van der Waals surface area contributed by atoms with Crippen LogP contribution in [0.4, 0.5) is 0 Å². The van der Waals surface area contributed by atoms with Crippen molar-refractivity contribution < 1.29 is 4.79 Å². The molecule has 0 saturated heterocycles. The molecule has 0 aliphatic heterocycles. The summed E-state index contributed by atoms with van der Waals surface area (Å²) in [5.41, 5.74) is 1.17. The van der Waals surface area contributed by atoms with Crippen molar-refractivity contribution in [3.63, 3.8) is 0 Å². The minimum absolute atomic E-state index is 0.00224. The second kappa shape index (κ2) is 6.79. The van der Waals surface area contributed by atoms with Crippen molar-refractivity contribution in [1.29, 1.82) is 0 Å². The minimum atomic E-state index is -0.175. The van der Waals surface area contributed by atoms with Crippen LogP contribution in [0.2, 0.25) is 0 Å². The lowest BCUT2D eigenvalue weighted by molar-refractivity contribution is -0.122. The van der Waals surface area contributed by atoms with Gasteiger partial charge in [0, 0.05) is 18.3 Å². The van der Waals surface area contributed by atoms with E-state index >= 15 is 0 Å². The SMILES string of the molecule is CC(C)n1c(=O)n(CC(=O)N[C@@H]2CCCC[C@H]2C)c2cccnc21. The van der Waals surface area contributed by atoms with E-state index in [0.717, 1.165) is 19.3 Å². The number of hydrogen-bond acceptors (Lipinski definition) is 3. The lowest BCUT2D eigenvalue weighted by Gasteiger charge is -2.29. The molecule has 0 bridgehead atoms. The van der Waals surface area contributed by atoms with Crippen LogP contribution in [0.1, 0.15) is 52.5 Å². The molecule has 0 spiro atoms. The number of nitrogens with zero attached hydrogens (tertiary/aromatic N) is 3. The Hall–Kier alpha value is -2.11. The molecule has 3 rings (SSSR count). The van der Waals surface area contributed by atoms with Crippen molar-refractivity contribution in [2.24, 2.45) is 5.92 Å². The van der Waals surface area contributed by atoms with Gasteiger partial charge in [-0.15, -0.1) is 0 Å². The van der Waals surface area contributed by atoms with Gasteiger partial charge in [0.1, 0.15) is 6.54 Å². The molecule has 1 aliphatic carbocycles. The fourth-order valence-corrected chi connectivity index (χ4v) is 3.65. The highest BCUT2D eigenvalue weighted by atomic mass is 16.2. The normalized spacial score (nSPS) is 21.3. The molecule has 2 aromatic heterocycles. The van der Waals surface area contributed by atoms with Gasteiger partial charge in [0.15, 0.2) is 5.65 Å². The second-order valence-corrected chi connectivity index (χ2v) is 7.11. The smallest absolute Gasteiger partial charge is 0.331 e. The van der Waals surface area contributed by atoms with Crippen LogP contribution in [0.15, 0.2) is 23.1 Å². The van der Waals surface area contributed by atoms with Crippen LogP contribution < -0.4 is 11.0 Å². The number of amides is 1. The van der Waals surface area contributed by atoms with E-state index in [0.29, 0.717) is 17.1 Å². The predicted octanol–water partition coefficient (Wildman–Crippen LogP) is 2.47. The average Bonchev–Trinajstić information content (AvgIpc) is 2.82. The fraction of sp³-hybridized carbons (Fsp3) is 0.611. The Balaban J connectivity index is 1.86. The lowest BCUT2D eigenvalue weighted by Crippen LogP contribution is -2.43. The minimum Gasteiger partial charge on any atom is -0.352 e. The van der Waals surface area contributed by atoms with Crippen LogP contribution in [0.5, 0.6) is 0 Å². The van der Waals surface area contributed by atoms with E-state index in [4.69, 9.17) is 0 Å². The summed E-state index contributed by atoms with van der Waals surface area (Å²) in [6, 6.07) is 3.86. The number of carbonyl (C=O) groups is 1. The Kier molecular flexibility index (Phi) is 4.73. The number of carbonyl (C=O) groups excluding carboxylic acids is 1. The molecule has 24 heavy (non-hydrogen) atoms. The predicted molar refractivity (Wildman–Crippen MR) is 93.9 cm³/mol. The topological polar surface area (TPSA) is 68.9 Å². The third-order valence-corrected chi connectivity index (χ3v) is 5.00.